The molecule has 0 bridgehead atoms. The molecule has 0 aromatic carbocycles. The number of nitrogens with one attached hydrogen (secondary N) is 1. The molecule has 0 rings (SSSR count). The highest BCUT2D eigenvalue weighted by Gasteiger charge is 1.97. The maximum Gasteiger partial charge on any atom is 0.0253 e. The van der Waals surface area contributed by atoms with E-state index in [0.29, 0.717) is 12.6 Å². The van der Waals surface area contributed by atoms with E-state index in [4.69, 9.17) is 5.73 Å². The molecule has 1 radical (unpaired) electrons. The summed E-state index contributed by atoms with van der Waals surface area (Å²) in [6.45, 7) is 2.53. The van der Waals surface area contributed by atoms with E-state index in [1.165, 1.54) is 0 Å². The van der Waals surface area contributed by atoms with Gasteiger partial charge in [-0.15, -0.1) is 0 Å². The molecule has 0 amide bonds. The molecule has 1 unspecified atom stereocenters. The van der Waals surface area contributed by atoms with Crippen LogP contribution in [0.25, 0.3) is 0 Å². The molecule has 7 heavy (non-hydrogen) atoms. The molecule has 0 heterocycles. The van der Waals surface area contributed by atoms with Crippen LogP contribution in [0.5, 0.6) is 0 Å². The number of likely N-dealkylation sites (N-methyl/N-ethyl adjacent to an activating group) is 1. The maximum atomic E-state index is 6.90. The van der Waals surface area contributed by atoms with Gasteiger partial charge in [-0.1, -0.05) is 0 Å². The van der Waals surface area contributed by atoms with E-state index in [2.05, 4.69) is 0 Å². The summed E-state index contributed by atoms with van der Waals surface area (Å²) >= 11 is 0. The Labute approximate surface area is 45.3 Å². The summed E-state index contributed by atoms with van der Waals surface area (Å²) < 4.78 is 0. The Bertz CT molecular complexity index is 43.3. The van der Waals surface area contributed by atoms with E-state index in [1.54, 1.807) is 0 Å². The molecule has 0 aromatic rings. The lowest BCUT2D eigenvalue weighted by atomic mass is 10.3. The Morgan fingerprint density at radius 1 is 1.57 bits per heavy atom. The van der Waals surface area contributed by atoms with E-state index in [1.807, 2.05) is 25.9 Å². The maximum absolute atomic E-state index is 6.90. The highest BCUT2D eigenvalue weighted by molar-refractivity contribution is 4.56. The van der Waals surface area contributed by atoms with E-state index in [0.717, 1.165) is 0 Å². The monoisotopic (exact) mass is 101 g/mol. The molecular formula is C5H13N2. The minimum absolute atomic E-state index is 0.403. The molecule has 1 N–H and O–H groups in total. The van der Waals surface area contributed by atoms with Crippen molar-refractivity contribution in [1.82, 2.24) is 10.6 Å². The second-order valence-corrected chi connectivity index (χ2v) is 2.02. The van der Waals surface area contributed by atoms with Crippen LogP contribution in [0.4, 0.5) is 0 Å². The molecule has 0 spiro atoms. The normalized spacial score (nSPS) is 15.0. The van der Waals surface area contributed by atoms with E-state index in [9.17, 15) is 0 Å². The Balaban J connectivity index is 3.14. The molecule has 0 saturated carbocycles. The summed E-state index contributed by atoms with van der Waals surface area (Å²) in [7, 11) is 3.97. The van der Waals surface area contributed by atoms with Crippen molar-refractivity contribution in [2.75, 3.05) is 20.6 Å². The number of hydrogen-bond acceptors (Lipinski definition) is 1. The fraction of sp³-hybridized carbons (Fsp3) is 1.00. The summed E-state index contributed by atoms with van der Waals surface area (Å²) in [5.41, 5.74) is 6.90. The van der Waals surface area contributed by atoms with Crippen molar-refractivity contribution in [3.63, 3.8) is 0 Å². The molecule has 0 aromatic heterocycles. The summed E-state index contributed by atoms with van der Waals surface area (Å²) in [5.74, 6) is 0. The van der Waals surface area contributed by atoms with Crippen molar-refractivity contribution in [3.05, 3.63) is 0 Å². The minimum Gasteiger partial charge on any atom is -0.305 e. The van der Waals surface area contributed by atoms with Gasteiger partial charge in [0, 0.05) is 12.6 Å². The fourth-order valence-electron chi connectivity index (χ4n) is 0.183. The average Bonchev–Trinajstić information content (AvgIpc) is 1.65. The number of hydrogen-bond donors (Lipinski definition) is 0. The van der Waals surface area contributed by atoms with Gasteiger partial charge in [-0.3, -0.25) is 5.73 Å². The zero-order chi connectivity index (χ0) is 5.86. The predicted octanol–water partition coefficient (Wildman–Crippen LogP) is 0.219. The lowest BCUT2D eigenvalue weighted by molar-refractivity contribution is 0.318. The first-order chi connectivity index (χ1) is 3.18. The Kier molecular flexibility index (Phi) is 2.96. The molecule has 0 fully saturated rings. The van der Waals surface area contributed by atoms with Crippen LogP contribution in [0.1, 0.15) is 6.92 Å². The summed E-state index contributed by atoms with van der Waals surface area (Å²) in [6, 6.07) is 0.403. The van der Waals surface area contributed by atoms with Crippen molar-refractivity contribution >= 4 is 0 Å². The van der Waals surface area contributed by atoms with Crippen molar-refractivity contribution in [2.24, 2.45) is 0 Å². The largest absolute Gasteiger partial charge is 0.305 e. The van der Waals surface area contributed by atoms with Crippen molar-refractivity contribution in [1.29, 1.82) is 0 Å². The lowest BCUT2D eigenvalue weighted by Crippen LogP contribution is -2.28. The SMILES string of the molecule is CC(C[NH])N(C)C. The van der Waals surface area contributed by atoms with Gasteiger partial charge in [0.2, 0.25) is 0 Å². The van der Waals surface area contributed by atoms with Gasteiger partial charge in [-0.25, -0.2) is 0 Å². The van der Waals surface area contributed by atoms with Crippen LogP contribution < -0.4 is 5.73 Å². The number of nitrogens with zero attached hydrogens (tertiary/aromatic N) is 1. The molecule has 0 aliphatic carbocycles. The summed E-state index contributed by atoms with van der Waals surface area (Å²) in [4.78, 5) is 2.03. The van der Waals surface area contributed by atoms with Gasteiger partial charge in [0.1, 0.15) is 0 Å². The zero-order valence-electron chi connectivity index (χ0n) is 5.23. The smallest absolute Gasteiger partial charge is 0.0253 e. The third-order valence-electron chi connectivity index (χ3n) is 1.18. The van der Waals surface area contributed by atoms with Crippen LogP contribution in [-0.4, -0.2) is 31.6 Å². The van der Waals surface area contributed by atoms with Crippen molar-refractivity contribution in [2.45, 2.75) is 13.0 Å². The lowest BCUT2D eigenvalue weighted by Gasteiger charge is -2.15. The van der Waals surface area contributed by atoms with Gasteiger partial charge in [0.25, 0.3) is 0 Å². The Morgan fingerprint density at radius 3 is 2.00 bits per heavy atom. The molecule has 0 aliphatic heterocycles. The van der Waals surface area contributed by atoms with Gasteiger partial charge in [-0.2, -0.15) is 0 Å². The third kappa shape index (κ3) is 2.60. The van der Waals surface area contributed by atoms with Crippen LogP contribution in [0.15, 0.2) is 0 Å². The number of rotatable bonds is 2. The van der Waals surface area contributed by atoms with Crippen molar-refractivity contribution < 1.29 is 0 Å². The first kappa shape index (κ1) is 6.92. The molecule has 1 atom stereocenters. The van der Waals surface area contributed by atoms with Crippen LogP contribution in [-0.2, 0) is 0 Å². The average molecular weight is 101 g/mol. The van der Waals surface area contributed by atoms with Gasteiger partial charge >= 0.3 is 0 Å². The Morgan fingerprint density at radius 2 is 2.00 bits per heavy atom. The fourth-order valence-corrected chi connectivity index (χ4v) is 0.183. The highest BCUT2D eigenvalue weighted by Crippen LogP contribution is 1.85. The van der Waals surface area contributed by atoms with Gasteiger partial charge in [0.05, 0.1) is 0 Å². The summed E-state index contributed by atoms with van der Waals surface area (Å²) in [6.07, 6.45) is 0. The topological polar surface area (TPSA) is 27.0 Å². The van der Waals surface area contributed by atoms with Crippen LogP contribution in [0.2, 0.25) is 0 Å². The van der Waals surface area contributed by atoms with Gasteiger partial charge in [-0.05, 0) is 21.0 Å². The van der Waals surface area contributed by atoms with E-state index >= 15 is 0 Å². The molecule has 2 heteroatoms. The standard InChI is InChI=1S/C5H13N2/c1-5(4-6)7(2)3/h5-6H,4H2,1-3H3. The first-order valence-electron chi connectivity index (χ1n) is 2.49. The van der Waals surface area contributed by atoms with E-state index < -0.39 is 0 Å². The van der Waals surface area contributed by atoms with Crippen molar-refractivity contribution in [3.8, 4) is 0 Å². The van der Waals surface area contributed by atoms with Crippen LogP contribution in [0, 0.1) is 0 Å². The minimum atomic E-state index is 0.403. The molecule has 43 valence electrons. The zero-order valence-corrected chi connectivity index (χ0v) is 5.23. The Hall–Kier alpha value is -0.0800. The third-order valence-corrected chi connectivity index (χ3v) is 1.18. The highest BCUT2D eigenvalue weighted by atomic mass is 15.1. The molecule has 2 nitrogen and oxygen atoms in total. The quantitative estimate of drug-likeness (QED) is 0.489. The van der Waals surface area contributed by atoms with Gasteiger partial charge in [0.15, 0.2) is 0 Å². The molecule has 0 saturated heterocycles. The first-order valence-corrected chi connectivity index (χ1v) is 2.49. The molecular weight excluding hydrogens is 88.1 g/mol. The predicted molar refractivity (Wildman–Crippen MR) is 31.1 cm³/mol. The van der Waals surface area contributed by atoms with Crippen LogP contribution in [0.3, 0.4) is 0 Å². The van der Waals surface area contributed by atoms with Gasteiger partial charge < -0.3 is 4.90 Å². The summed E-state index contributed by atoms with van der Waals surface area (Å²) in [5, 5.41) is 0. The second-order valence-electron chi connectivity index (χ2n) is 2.02. The molecule has 0 aliphatic rings. The van der Waals surface area contributed by atoms with Crippen LogP contribution >= 0.6 is 0 Å². The van der Waals surface area contributed by atoms with E-state index in [-0.39, 0.29) is 0 Å². The second kappa shape index (κ2) is 2.99.